The molecule has 1 aliphatic carbocycles. The summed E-state index contributed by atoms with van der Waals surface area (Å²) in [7, 11) is 0. The van der Waals surface area contributed by atoms with Crippen LogP contribution in [-0.4, -0.2) is 15.5 Å². The van der Waals surface area contributed by atoms with Crippen molar-refractivity contribution in [2.75, 3.05) is 0 Å². The van der Waals surface area contributed by atoms with Crippen LogP contribution in [0.5, 0.6) is 0 Å². The lowest BCUT2D eigenvalue weighted by Gasteiger charge is -2.19. The minimum Gasteiger partial charge on any atom is -0.258 e. The van der Waals surface area contributed by atoms with E-state index in [-0.39, 0.29) is 0 Å². The number of hydrogen-bond acceptors (Lipinski definition) is 4. The Morgan fingerprint density at radius 3 is 2.08 bits per heavy atom. The van der Waals surface area contributed by atoms with Crippen LogP contribution in [0.25, 0.3) is 0 Å². The van der Waals surface area contributed by atoms with Crippen LogP contribution in [0.2, 0.25) is 0 Å². The smallest absolute Gasteiger partial charge is 0.258 e. The molecule has 0 aliphatic heterocycles. The van der Waals surface area contributed by atoms with Gasteiger partial charge in [0.15, 0.2) is 0 Å². The van der Waals surface area contributed by atoms with E-state index in [9.17, 15) is 20.2 Å². The Morgan fingerprint density at radius 2 is 1.77 bits per heavy atom. The SMILES string of the molecule is CC1C=CC=CC1([N+](=O)[O-])[N+](=O)[O-]. The summed E-state index contributed by atoms with van der Waals surface area (Å²) in [5, 5.41) is 21.2. The van der Waals surface area contributed by atoms with E-state index >= 15 is 0 Å². The van der Waals surface area contributed by atoms with Crippen molar-refractivity contribution in [3.8, 4) is 0 Å². The van der Waals surface area contributed by atoms with Gasteiger partial charge in [-0.05, 0) is 6.92 Å². The first kappa shape index (κ1) is 9.37. The summed E-state index contributed by atoms with van der Waals surface area (Å²) in [6.45, 7) is 1.45. The molecule has 6 nitrogen and oxygen atoms in total. The van der Waals surface area contributed by atoms with Gasteiger partial charge in [-0.15, -0.1) is 0 Å². The number of nitrogens with zero attached hydrogens (tertiary/aromatic N) is 2. The Hall–Kier alpha value is -1.72. The highest BCUT2D eigenvalue weighted by Crippen LogP contribution is 2.27. The molecule has 0 heterocycles. The minimum absolute atomic E-state index is 0.734. The van der Waals surface area contributed by atoms with Gasteiger partial charge < -0.3 is 0 Å². The fourth-order valence-electron chi connectivity index (χ4n) is 1.24. The van der Waals surface area contributed by atoms with Crippen molar-refractivity contribution >= 4 is 0 Å². The molecule has 0 amide bonds. The molecular formula is C7H8N2O4. The Kier molecular flexibility index (Phi) is 2.14. The fraction of sp³-hybridized carbons (Fsp3) is 0.429. The van der Waals surface area contributed by atoms with E-state index in [4.69, 9.17) is 0 Å². The van der Waals surface area contributed by atoms with Crippen molar-refractivity contribution in [1.29, 1.82) is 0 Å². The number of hydrogen-bond donors (Lipinski definition) is 0. The van der Waals surface area contributed by atoms with Gasteiger partial charge in [0.1, 0.15) is 15.8 Å². The van der Waals surface area contributed by atoms with Gasteiger partial charge in [-0.1, -0.05) is 18.2 Å². The van der Waals surface area contributed by atoms with Gasteiger partial charge in [-0.3, -0.25) is 20.2 Å². The van der Waals surface area contributed by atoms with Crippen molar-refractivity contribution in [2.45, 2.75) is 12.6 Å². The van der Waals surface area contributed by atoms with Gasteiger partial charge in [-0.25, -0.2) is 0 Å². The molecule has 1 aliphatic rings. The summed E-state index contributed by atoms with van der Waals surface area (Å²) < 4.78 is 0. The Balaban J connectivity index is 3.19. The van der Waals surface area contributed by atoms with Crippen molar-refractivity contribution in [1.82, 2.24) is 0 Å². The summed E-state index contributed by atoms with van der Waals surface area (Å²) in [5.74, 6) is -0.734. The molecule has 0 aromatic rings. The van der Waals surface area contributed by atoms with E-state index in [0.717, 1.165) is 6.08 Å². The summed E-state index contributed by atoms with van der Waals surface area (Å²) >= 11 is 0. The second-order valence-electron chi connectivity index (χ2n) is 2.83. The quantitative estimate of drug-likeness (QED) is 0.364. The largest absolute Gasteiger partial charge is 0.483 e. The first-order valence-electron chi connectivity index (χ1n) is 3.67. The van der Waals surface area contributed by atoms with Crippen LogP contribution in [-0.2, 0) is 0 Å². The number of nitro groups is 2. The van der Waals surface area contributed by atoms with Crippen LogP contribution >= 0.6 is 0 Å². The van der Waals surface area contributed by atoms with Crippen molar-refractivity contribution < 1.29 is 9.85 Å². The highest BCUT2D eigenvalue weighted by atomic mass is 16.7. The van der Waals surface area contributed by atoms with Crippen LogP contribution in [0, 0.1) is 26.1 Å². The maximum absolute atomic E-state index is 10.6. The molecule has 0 radical (unpaired) electrons. The zero-order chi connectivity index (χ0) is 10.1. The zero-order valence-corrected chi connectivity index (χ0v) is 6.91. The molecule has 70 valence electrons. The van der Waals surface area contributed by atoms with Crippen molar-refractivity contribution in [2.24, 2.45) is 5.92 Å². The lowest BCUT2D eigenvalue weighted by atomic mass is 9.91. The molecule has 1 unspecified atom stereocenters. The molecule has 0 saturated carbocycles. The van der Waals surface area contributed by atoms with Crippen LogP contribution in [0.15, 0.2) is 24.3 Å². The van der Waals surface area contributed by atoms with Crippen molar-refractivity contribution in [3.63, 3.8) is 0 Å². The van der Waals surface area contributed by atoms with Crippen LogP contribution < -0.4 is 0 Å². The third-order valence-electron chi connectivity index (χ3n) is 2.11. The van der Waals surface area contributed by atoms with Crippen LogP contribution in [0.4, 0.5) is 0 Å². The highest BCUT2D eigenvalue weighted by Gasteiger charge is 2.58. The van der Waals surface area contributed by atoms with E-state index in [0.29, 0.717) is 0 Å². The maximum atomic E-state index is 10.6. The molecule has 1 atom stereocenters. The van der Waals surface area contributed by atoms with Crippen molar-refractivity contribution in [3.05, 3.63) is 44.5 Å². The second kappa shape index (κ2) is 2.96. The predicted molar refractivity (Wildman–Crippen MR) is 44.2 cm³/mol. The van der Waals surface area contributed by atoms with Gasteiger partial charge in [0.25, 0.3) is 0 Å². The second-order valence-corrected chi connectivity index (χ2v) is 2.83. The van der Waals surface area contributed by atoms with Gasteiger partial charge in [0.2, 0.25) is 0 Å². The average molecular weight is 184 g/mol. The molecule has 0 saturated heterocycles. The monoisotopic (exact) mass is 184 g/mol. The molecule has 0 aromatic heterocycles. The predicted octanol–water partition coefficient (Wildman–Crippen LogP) is 0.998. The standard InChI is InChI=1S/C7H8N2O4/c1-6-4-2-3-5-7(6,8(10)11)9(12)13/h2-6H,1H3. The third-order valence-corrected chi connectivity index (χ3v) is 2.11. The van der Waals surface area contributed by atoms with Gasteiger partial charge >= 0.3 is 5.66 Å². The molecule has 1 rings (SSSR count). The van der Waals surface area contributed by atoms with Crippen LogP contribution in [0.1, 0.15) is 6.92 Å². The Labute approximate surface area is 73.8 Å². The summed E-state index contributed by atoms with van der Waals surface area (Å²) in [4.78, 5) is 19.5. The zero-order valence-electron chi connectivity index (χ0n) is 6.91. The van der Waals surface area contributed by atoms with Gasteiger partial charge in [0, 0.05) is 0 Å². The number of rotatable bonds is 2. The van der Waals surface area contributed by atoms with Crippen LogP contribution in [0.3, 0.4) is 0 Å². The molecule has 0 spiro atoms. The topological polar surface area (TPSA) is 86.3 Å². The Morgan fingerprint density at radius 1 is 1.23 bits per heavy atom. The lowest BCUT2D eigenvalue weighted by molar-refractivity contribution is -0.788. The first-order valence-corrected chi connectivity index (χ1v) is 3.67. The summed E-state index contributed by atoms with van der Waals surface area (Å²) in [6.07, 6.45) is 5.35. The molecule has 0 aromatic carbocycles. The first-order chi connectivity index (χ1) is 6.01. The van der Waals surface area contributed by atoms with E-state index in [1.165, 1.54) is 19.1 Å². The van der Waals surface area contributed by atoms with Gasteiger partial charge in [0.05, 0.1) is 6.08 Å². The molecule has 0 bridgehead atoms. The number of allylic oxidation sites excluding steroid dienone is 2. The molecular weight excluding hydrogens is 176 g/mol. The third kappa shape index (κ3) is 1.20. The normalized spacial score (nSPS) is 24.2. The Bertz CT molecular complexity index is 294. The molecule has 0 N–H and O–H groups in total. The average Bonchev–Trinajstić information content (AvgIpc) is 2.04. The van der Waals surface area contributed by atoms with E-state index in [1.807, 2.05) is 0 Å². The van der Waals surface area contributed by atoms with E-state index in [2.05, 4.69) is 0 Å². The van der Waals surface area contributed by atoms with Gasteiger partial charge in [-0.2, -0.15) is 0 Å². The molecule has 6 heteroatoms. The van der Waals surface area contributed by atoms with E-state index in [1.54, 1.807) is 6.08 Å². The lowest BCUT2D eigenvalue weighted by Crippen LogP contribution is -2.50. The molecule has 13 heavy (non-hydrogen) atoms. The maximum Gasteiger partial charge on any atom is 0.483 e. The molecule has 0 fully saturated rings. The fourth-order valence-corrected chi connectivity index (χ4v) is 1.24. The minimum atomic E-state index is -2.19. The highest BCUT2D eigenvalue weighted by molar-refractivity contribution is 5.17. The van der Waals surface area contributed by atoms with E-state index < -0.39 is 21.4 Å². The summed E-state index contributed by atoms with van der Waals surface area (Å²) in [5.41, 5.74) is -2.19. The summed E-state index contributed by atoms with van der Waals surface area (Å²) in [6, 6.07) is 0.